The van der Waals surface area contributed by atoms with Crippen LogP contribution in [-0.4, -0.2) is 31.4 Å². The third-order valence-corrected chi connectivity index (χ3v) is 3.17. The Morgan fingerprint density at radius 2 is 2.15 bits per heavy atom. The number of rotatable bonds is 4. The molecule has 0 radical (unpaired) electrons. The summed E-state index contributed by atoms with van der Waals surface area (Å²) in [7, 11) is 1.30. The van der Waals surface area contributed by atoms with Gasteiger partial charge in [0.1, 0.15) is 0 Å². The smallest absolute Gasteiger partial charge is 0.307 e. The molecule has 0 spiro atoms. The molecule has 1 aromatic carbocycles. The van der Waals surface area contributed by atoms with E-state index in [0.717, 1.165) is 5.56 Å². The maximum absolute atomic E-state index is 12.1. The number of ether oxygens (including phenoxy) is 1. The predicted octanol–water partition coefficient (Wildman–Crippen LogP) is 0.792. The first kappa shape index (κ1) is 14.0. The molecule has 1 aliphatic heterocycles. The van der Waals surface area contributed by atoms with E-state index in [-0.39, 0.29) is 37.2 Å². The molecule has 6 heteroatoms. The topological polar surface area (TPSA) is 84.5 Å². The van der Waals surface area contributed by atoms with Crippen molar-refractivity contribution in [2.24, 2.45) is 0 Å². The zero-order chi connectivity index (χ0) is 14.5. The lowest BCUT2D eigenvalue weighted by atomic mass is 9.90. The third kappa shape index (κ3) is 3.14. The van der Waals surface area contributed by atoms with Crippen LogP contribution in [0.5, 0.6) is 0 Å². The van der Waals surface area contributed by atoms with Gasteiger partial charge >= 0.3 is 5.97 Å². The Morgan fingerprint density at radius 3 is 2.90 bits per heavy atom. The molecule has 0 bridgehead atoms. The minimum Gasteiger partial charge on any atom is -0.469 e. The van der Waals surface area contributed by atoms with Gasteiger partial charge in [0.2, 0.25) is 11.8 Å². The summed E-state index contributed by atoms with van der Waals surface area (Å²) in [6, 6.07) is 7.21. The summed E-state index contributed by atoms with van der Waals surface area (Å²) in [5.74, 6) is -1.34. The zero-order valence-corrected chi connectivity index (χ0v) is 11.1. The predicted molar refractivity (Wildman–Crippen MR) is 72.1 cm³/mol. The Balaban J connectivity index is 2.03. The largest absolute Gasteiger partial charge is 0.469 e. The Labute approximate surface area is 116 Å². The fraction of sp³-hybridized carbons (Fsp3) is 0.357. The molecule has 2 N–H and O–H groups in total. The van der Waals surface area contributed by atoms with Gasteiger partial charge in [0, 0.05) is 18.7 Å². The van der Waals surface area contributed by atoms with Gasteiger partial charge in [-0.05, 0) is 11.6 Å². The number of benzene rings is 1. The Kier molecular flexibility index (Phi) is 4.34. The second kappa shape index (κ2) is 6.18. The van der Waals surface area contributed by atoms with Gasteiger partial charge in [-0.15, -0.1) is 0 Å². The minimum absolute atomic E-state index is 0.112. The number of carbonyl (C=O) groups excluding carboxylic acids is 3. The van der Waals surface area contributed by atoms with Crippen molar-refractivity contribution < 1.29 is 19.1 Å². The molecular formula is C14H16N2O4. The molecule has 2 rings (SSSR count). The number of methoxy groups -OCH3 is 1. The summed E-state index contributed by atoms with van der Waals surface area (Å²) < 4.78 is 4.50. The number of fused-ring (bicyclic) bond motifs is 1. The van der Waals surface area contributed by atoms with Gasteiger partial charge in [0.15, 0.2) is 0 Å². The average Bonchev–Trinajstić information content (AvgIpc) is 2.45. The zero-order valence-electron chi connectivity index (χ0n) is 11.1. The van der Waals surface area contributed by atoms with E-state index in [1.807, 2.05) is 12.1 Å². The Morgan fingerprint density at radius 1 is 1.40 bits per heavy atom. The van der Waals surface area contributed by atoms with Crippen LogP contribution in [0.15, 0.2) is 24.3 Å². The molecule has 0 saturated heterocycles. The van der Waals surface area contributed by atoms with Gasteiger partial charge < -0.3 is 15.4 Å². The molecule has 0 saturated carbocycles. The third-order valence-electron chi connectivity index (χ3n) is 3.17. The molecule has 20 heavy (non-hydrogen) atoms. The van der Waals surface area contributed by atoms with Gasteiger partial charge in [0.25, 0.3) is 0 Å². The fourth-order valence-corrected chi connectivity index (χ4v) is 2.16. The monoisotopic (exact) mass is 276 g/mol. The second-order valence-corrected chi connectivity index (χ2v) is 4.51. The van der Waals surface area contributed by atoms with Crippen LogP contribution in [0.3, 0.4) is 0 Å². The molecule has 1 heterocycles. The van der Waals surface area contributed by atoms with Crippen LogP contribution in [0.4, 0.5) is 5.69 Å². The quantitative estimate of drug-likeness (QED) is 0.796. The van der Waals surface area contributed by atoms with Crippen molar-refractivity contribution in [2.75, 3.05) is 19.0 Å². The van der Waals surface area contributed by atoms with E-state index in [1.54, 1.807) is 12.1 Å². The van der Waals surface area contributed by atoms with E-state index in [1.165, 1.54) is 7.11 Å². The summed E-state index contributed by atoms with van der Waals surface area (Å²) >= 11 is 0. The summed E-state index contributed by atoms with van der Waals surface area (Å²) in [5.41, 5.74) is 1.46. The first-order chi connectivity index (χ1) is 9.61. The Hall–Kier alpha value is -2.37. The maximum atomic E-state index is 12.1. The summed E-state index contributed by atoms with van der Waals surface area (Å²) in [4.78, 5) is 34.7. The standard InChI is InChI=1S/C14H16N2O4/c1-20-13(18)6-7-15-14(19)10-8-12(17)16-11-5-3-2-4-9(10)11/h2-5,10H,6-8H2,1H3,(H,15,19)(H,16,17). The van der Waals surface area contributed by atoms with Gasteiger partial charge in [-0.2, -0.15) is 0 Å². The molecular weight excluding hydrogens is 260 g/mol. The van der Waals surface area contributed by atoms with Crippen molar-refractivity contribution in [3.8, 4) is 0 Å². The molecule has 1 aromatic rings. The van der Waals surface area contributed by atoms with E-state index >= 15 is 0 Å². The van der Waals surface area contributed by atoms with Crippen molar-refractivity contribution in [3.63, 3.8) is 0 Å². The van der Waals surface area contributed by atoms with Crippen LogP contribution in [0.25, 0.3) is 0 Å². The van der Waals surface area contributed by atoms with E-state index in [0.29, 0.717) is 5.69 Å². The lowest BCUT2D eigenvalue weighted by molar-refractivity contribution is -0.140. The summed E-state index contributed by atoms with van der Waals surface area (Å²) in [5, 5.41) is 5.39. The number of nitrogens with one attached hydrogen (secondary N) is 2. The van der Waals surface area contributed by atoms with E-state index in [2.05, 4.69) is 15.4 Å². The summed E-state index contributed by atoms with van der Waals surface area (Å²) in [6.07, 6.45) is 0.226. The minimum atomic E-state index is -0.516. The van der Waals surface area contributed by atoms with Crippen LogP contribution in [0.1, 0.15) is 24.3 Å². The van der Waals surface area contributed by atoms with Gasteiger partial charge in [-0.25, -0.2) is 0 Å². The maximum Gasteiger partial charge on any atom is 0.307 e. The lowest BCUT2D eigenvalue weighted by Gasteiger charge is -2.24. The van der Waals surface area contributed by atoms with Gasteiger partial charge in [-0.3, -0.25) is 14.4 Å². The lowest BCUT2D eigenvalue weighted by Crippen LogP contribution is -2.36. The molecule has 2 amide bonds. The normalized spacial score (nSPS) is 16.9. The molecule has 0 fully saturated rings. The van der Waals surface area contributed by atoms with Crippen molar-refractivity contribution in [1.82, 2.24) is 5.32 Å². The molecule has 1 aliphatic rings. The van der Waals surface area contributed by atoms with Crippen LogP contribution >= 0.6 is 0 Å². The van der Waals surface area contributed by atoms with Crippen molar-refractivity contribution in [3.05, 3.63) is 29.8 Å². The van der Waals surface area contributed by atoms with Crippen LogP contribution in [0, 0.1) is 0 Å². The molecule has 106 valence electrons. The highest BCUT2D eigenvalue weighted by atomic mass is 16.5. The first-order valence-corrected chi connectivity index (χ1v) is 6.35. The van der Waals surface area contributed by atoms with Crippen LogP contribution in [0.2, 0.25) is 0 Å². The van der Waals surface area contributed by atoms with Crippen LogP contribution in [-0.2, 0) is 19.1 Å². The molecule has 0 aliphatic carbocycles. The van der Waals surface area contributed by atoms with E-state index in [9.17, 15) is 14.4 Å². The van der Waals surface area contributed by atoms with Crippen LogP contribution < -0.4 is 10.6 Å². The van der Waals surface area contributed by atoms with Crippen molar-refractivity contribution in [2.45, 2.75) is 18.8 Å². The number of carbonyl (C=O) groups is 3. The van der Waals surface area contributed by atoms with Gasteiger partial charge in [-0.1, -0.05) is 18.2 Å². The average molecular weight is 276 g/mol. The number of anilines is 1. The highest BCUT2D eigenvalue weighted by molar-refractivity contribution is 6.01. The molecule has 1 atom stereocenters. The molecule has 0 aromatic heterocycles. The highest BCUT2D eigenvalue weighted by Crippen LogP contribution is 2.31. The second-order valence-electron chi connectivity index (χ2n) is 4.51. The first-order valence-electron chi connectivity index (χ1n) is 6.35. The fourth-order valence-electron chi connectivity index (χ4n) is 2.16. The number of hydrogen-bond donors (Lipinski definition) is 2. The summed E-state index contributed by atoms with van der Waals surface area (Å²) in [6.45, 7) is 0.200. The molecule has 1 unspecified atom stereocenters. The number of hydrogen-bond acceptors (Lipinski definition) is 4. The number of esters is 1. The van der Waals surface area contributed by atoms with Gasteiger partial charge in [0.05, 0.1) is 19.4 Å². The van der Waals surface area contributed by atoms with E-state index < -0.39 is 5.92 Å². The number of amides is 2. The van der Waals surface area contributed by atoms with Crippen molar-refractivity contribution in [1.29, 1.82) is 0 Å². The SMILES string of the molecule is COC(=O)CCNC(=O)C1CC(=O)Nc2ccccc21. The molecule has 6 nitrogen and oxygen atoms in total. The number of para-hydroxylation sites is 1. The highest BCUT2D eigenvalue weighted by Gasteiger charge is 2.30. The Bertz CT molecular complexity index is 542. The van der Waals surface area contributed by atoms with E-state index in [4.69, 9.17) is 0 Å². The van der Waals surface area contributed by atoms with Crippen molar-refractivity contribution >= 4 is 23.5 Å².